The lowest BCUT2D eigenvalue weighted by atomic mass is 9.86. The maximum absolute atomic E-state index is 12.0. The summed E-state index contributed by atoms with van der Waals surface area (Å²) in [5.74, 6) is -0.310. The number of methoxy groups -OCH3 is 3. The van der Waals surface area contributed by atoms with E-state index in [-0.39, 0.29) is 64.9 Å². The van der Waals surface area contributed by atoms with Gasteiger partial charge in [0, 0.05) is 18.1 Å². The Hall–Kier alpha value is -1.32. The number of carbonyl (C=O) groups is 3. The van der Waals surface area contributed by atoms with Gasteiger partial charge in [0.2, 0.25) is 10.0 Å². The van der Waals surface area contributed by atoms with Crippen molar-refractivity contribution in [3.05, 3.63) is 0 Å². The van der Waals surface area contributed by atoms with E-state index in [0.29, 0.717) is 31.7 Å². The fourth-order valence-electron chi connectivity index (χ4n) is 5.47. The van der Waals surface area contributed by atoms with Gasteiger partial charge >= 0.3 is 17.9 Å². The quantitative estimate of drug-likeness (QED) is 0.252. The molecule has 0 saturated heterocycles. The smallest absolute Gasteiger partial charge is 0.308 e. The van der Waals surface area contributed by atoms with Gasteiger partial charge in [0.15, 0.2) is 0 Å². The van der Waals surface area contributed by atoms with Crippen LogP contribution in [0.4, 0.5) is 0 Å². The van der Waals surface area contributed by atoms with Gasteiger partial charge in [0.25, 0.3) is 0 Å². The zero-order valence-corrected chi connectivity index (χ0v) is 32.4. The molecule has 47 heavy (non-hydrogen) atoms. The van der Waals surface area contributed by atoms with Crippen molar-refractivity contribution in [2.24, 2.45) is 23.5 Å². The van der Waals surface area contributed by atoms with Crippen molar-refractivity contribution in [1.82, 2.24) is 9.44 Å². The van der Waals surface area contributed by atoms with Crippen LogP contribution in [0.1, 0.15) is 119 Å². The Balaban J connectivity index is 0.000000687. The summed E-state index contributed by atoms with van der Waals surface area (Å²) in [5.41, 5.74) is 5.69. The van der Waals surface area contributed by atoms with E-state index in [0.717, 1.165) is 51.4 Å². The van der Waals surface area contributed by atoms with Crippen LogP contribution in [0.3, 0.4) is 0 Å². The second-order valence-corrected chi connectivity index (χ2v) is 19.0. The maximum Gasteiger partial charge on any atom is 0.308 e. The SMILES string of the molecule is COC(=O)C1CCC(N)CC1.COC(=O)C1CCC(NS(=O)(=O)C(C)(C)C)CC1.COC(=O)C1CCC(NS(=O)C(C)(C)C)CC1.Cl. The van der Waals surface area contributed by atoms with E-state index >= 15 is 0 Å². The standard InChI is InChI=1S/C12H23NO4S.C12H23NO3S.C8H15NO2.ClH/c1-12(2,3)18(15,16)13-10-7-5-9(6-8-10)11(14)17-4;1-12(2,3)17(15)13-10-7-5-9(6-8-10)11(14)16-4;1-11-8(10)6-2-4-7(9)5-3-6;/h9-10,13H,5-8H2,1-4H3;9-10,13H,5-8H2,1-4H3;6-7H,2-5,9H2,1H3;1H. The highest BCUT2D eigenvalue weighted by molar-refractivity contribution is 7.90. The summed E-state index contributed by atoms with van der Waals surface area (Å²) in [4.78, 5) is 33.7. The molecule has 3 aliphatic carbocycles. The Morgan fingerprint density at radius 3 is 1.26 bits per heavy atom. The van der Waals surface area contributed by atoms with Crippen LogP contribution in [0.5, 0.6) is 0 Å². The number of sulfonamides is 1. The molecule has 1 atom stereocenters. The van der Waals surface area contributed by atoms with Crippen molar-refractivity contribution in [3.8, 4) is 0 Å². The number of halogens is 1. The highest BCUT2D eigenvalue weighted by atomic mass is 35.5. The molecule has 3 fully saturated rings. The molecule has 0 bridgehead atoms. The minimum absolute atomic E-state index is 0. The van der Waals surface area contributed by atoms with E-state index in [1.807, 2.05) is 20.8 Å². The third-order valence-corrected chi connectivity index (χ3v) is 12.7. The molecule has 1 unspecified atom stereocenters. The molecule has 0 aliphatic heterocycles. The number of nitrogens with one attached hydrogen (secondary N) is 2. The van der Waals surface area contributed by atoms with Crippen molar-refractivity contribution in [3.63, 3.8) is 0 Å². The molecule has 3 rings (SSSR count). The monoisotopic (exact) mass is 731 g/mol. The van der Waals surface area contributed by atoms with Crippen LogP contribution in [-0.4, -0.2) is 79.5 Å². The highest BCUT2D eigenvalue weighted by Crippen LogP contribution is 2.28. The third-order valence-electron chi connectivity index (χ3n) is 8.79. The second-order valence-electron chi connectivity index (χ2n) is 14.5. The largest absolute Gasteiger partial charge is 0.469 e. The number of esters is 3. The molecule has 0 aromatic heterocycles. The van der Waals surface area contributed by atoms with Gasteiger partial charge in [-0.25, -0.2) is 22.1 Å². The summed E-state index contributed by atoms with van der Waals surface area (Å²) < 4.78 is 54.8. The molecular weight excluding hydrogens is 670 g/mol. The summed E-state index contributed by atoms with van der Waals surface area (Å²) in [6.45, 7) is 10.9. The summed E-state index contributed by atoms with van der Waals surface area (Å²) >= 11 is 0. The first-order valence-corrected chi connectivity index (χ1v) is 19.1. The number of carbonyl (C=O) groups excluding carboxylic acids is 3. The van der Waals surface area contributed by atoms with Crippen molar-refractivity contribution in [1.29, 1.82) is 0 Å². The van der Waals surface area contributed by atoms with E-state index in [1.54, 1.807) is 20.8 Å². The van der Waals surface area contributed by atoms with E-state index in [9.17, 15) is 27.0 Å². The first-order valence-electron chi connectivity index (χ1n) is 16.4. The van der Waals surface area contributed by atoms with Gasteiger partial charge in [0.1, 0.15) is 0 Å². The van der Waals surface area contributed by atoms with Gasteiger partial charge in [-0.15, -0.1) is 12.4 Å². The second kappa shape index (κ2) is 21.0. The normalized spacial score (nSPS) is 27.2. The molecular formula is C32H62ClN3O9S2. The Morgan fingerprint density at radius 1 is 0.638 bits per heavy atom. The van der Waals surface area contributed by atoms with Crippen LogP contribution in [0, 0.1) is 17.8 Å². The molecule has 0 aromatic rings. The Bertz CT molecular complexity index is 1090. The molecule has 0 aromatic carbocycles. The number of ether oxygens (including phenoxy) is 3. The van der Waals surface area contributed by atoms with Crippen molar-refractivity contribution >= 4 is 51.3 Å². The third kappa shape index (κ3) is 16.3. The van der Waals surface area contributed by atoms with Gasteiger partial charge < -0.3 is 19.9 Å². The fraction of sp³-hybridized carbons (Fsp3) is 0.906. The fourth-order valence-corrected chi connectivity index (χ4v) is 7.39. The maximum atomic E-state index is 12.0. The first-order chi connectivity index (χ1) is 21.2. The van der Waals surface area contributed by atoms with Crippen LogP contribution >= 0.6 is 12.4 Å². The van der Waals surface area contributed by atoms with Crippen LogP contribution < -0.4 is 15.2 Å². The predicted molar refractivity (Wildman–Crippen MR) is 188 cm³/mol. The van der Waals surface area contributed by atoms with Crippen molar-refractivity contribution in [2.45, 2.75) is 146 Å². The predicted octanol–water partition coefficient (Wildman–Crippen LogP) is 4.30. The molecule has 3 aliphatic rings. The molecule has 12 nitrogen and oxygen atoms in total. The first kappa shape index (κ1) is 45.7. The number of rotatable bonds is 7. The lowest BCUT2D eigenvalue weighted by Gasteiger charge is -2.30. The molecule has 15 heteroatoms. The van der Waals surface area contributed by atoms with Crippen LogP contribution in [0.25, 0.3) is 0 Å². The Labute approximate surface area is 292 Å². The Kier molecular flexibility index (Phi) is 20.4. The summed E-state index contributed by atoms with van der Waals surface area (Å²) in [6, 6.07) is 0.502. The van der Waals surface area contributed by atoms with Crippen LogP contribution in [0.15, 0.2) is 0 Å². The van der Waals surface area contributed by atoms with Gasteiger partial charge in [-0.3, -0.25) is 14.4 Å². The van der Waals surface area contributed by atoms with Gasteiger partial charge in [-0.2, -0.15) is 0 Å². The van der Waals surface area contributed by atoms with Crippen LogP contribution in [-0.2, 0) is 49.6 Å². The van der Waals surface area contributed by atoms with E-state index in [1.165, 1.54) is 21.3 Å². The van der Waals surface area contributed by atoms with E-state index < -0.39 is 25.8 Å². The molecule has 278 valence electrons. The Morgan fingerprint density at radius 2 is 0.957 bits per heavy atom. The van der Waals surface area contributed by atoms with Crippen molar-refractivity contribution < 1.29 is 41.2 Å². The lowest BCUT2D eigenvalue weighted by molar-refractivity contribution is -0.147. The molecule has 0 heterocycles. The molecule has 3 saturated carbocycles. The van der Waals surface area contributed by atoms with Gasteiger partial charge in [-0.05, 0) is 119 Å². The molecule has 4 N–H and O–H groups in total. The lowest BCUT2D eigenvalue weighted by Crippen LogP contribution is -2.46. The average molecular weight is 732 g/mol. The number of hydrogen-bond donors (Lipinski definition) is 3. The average Bonchev–Trinajstić information content (AvgIpc) is 3.00. The molecule has 0 amide bonds. The van der Waals surface area contributed by atoms with Crippen LogP contribution in [0.2, 0.25) is 0 Å². The van der Waals surface area contributed by atoms with Crippen molar-refractivity contribution in [2.75, 3.05) is 21.3 Å². The number of nitrogens with two attached hydrogens (primary N) is 1. The zero-order valence-electron chi connectivity index (χ0n) is 29.9. The number of hydrogen-bond acceptors (Lipinski definition) is 10. The van der Waals surface area contributed by atoms with Gasteiger partial charge in [0.05, 0.1) is 59.6 Å². The summed E-state index contributed by atoms with van der Waals surface area (Å²) in [5, 5.41) is 0. The van der Waals surface area contributed by atoms with E-state index in [2.05, 4.69) is 14.2 Å². The summed E-state index contributed by atoms with van der Waals surface area (Å²) in [7, 11) is -0.0728. The molecule has 0 radical (unpaired) electrons. The van der Waals surface area contributed by atoms with Gasteiger partial charge in [-0.1, -0.05) is 0 Å². The summed E-state index contributed by atoms with van der Waals surface area (Å²) in [6.07, 6.45) is 9.89. The molecule has 0 spiro atoms. The topological polar surface area (TPSA) is 180 Å². The minimum Gasteiger partial charge on any atom is -0.469 e. The minimum atomic E-state index is -3.31. The highest BCUT2D eigenvalue weighted by Gasteiger charge is 2.34. The van der Waals surface area contributed by atoms with E-state index in [4.69, 9.17) is 15.2 Å². The zero-order chi connectivity index (χ0) is 35.3.